The van der Waals surface area contributed by atoms with Crippen molar-refractivity contribution >= 4 is 17.3 Å². The molecule has 1 aliphatic carbocycles. The Labute approximate surface area is 190 Å². The van der Waals surface area contributed by atoms with Gasteiger partial charge in [0.25, 0.3) is 0 Å². The van der Waals surface area contributed by atoms with Gasteiger partial charge in [0.05, 0.1) is 17.8 Å². The van der Waals surface area contributed by atoms with Crippen molar-refractivity contribution in [1.29, 1.82) is 0 Å². The first kappa shape index (κ1) is 20.3. The van der Waals surface area contributed by atoms with Crippen molar-refractivity contribution in [2.24, 2.45) is 0 Å². The van der Waals surface area contributed by atoms with Crippen LogP contribution in [0.3, 0.4) is 0 Å². The Balaban J connectivity index is 1.62. The first-order chi connectivity index (χ1) is 15.1. The summed E-state index contributed by atoms with van der Waals surface area (Å²) in [6.07, 6.45) is 8.21. The fourth-order valence-corrected chi connectivity index (χ4v) is 5.90. The topological polar surface area (TPSA) is 33.1 Å². The molecule has 0 unspecified atom stereocenters. The Morgan fingerprint density at radius 1 is 0.968 bits per heavy atom. The third-order valence-corrected chi connectivity index (χ3v) is 7.24. The number of pyridine rings is 1. The maximum Gasteiger partial charge on any atom is 0.170 e. The van der Waals surface area contributed by atoms with Crippen LogP contribution in [0.1, 0.15) is 66.8 Å². The Hall–Kier alpha value is -2.66. The molecule has 2 aliphatic rings. The SMILES string of the molecule is Cc1cc([C@H]2[C@H](c3ccccn3)NC(=S)N2C2CCCCC2)c(C)n1-c1ccccc1. The van der Waals surface area contributed by atoms with E-state index in [1.54, 1.807) is 0 Å². The van der Waals surface area contributed by atoms with Gasteiger partial charge in [-0.3, -0.25) is 4.98 Å². The standard InChI is InChI=1S/C26H30N4S/c1-18-17-22(19(2)29(18)20-11-5-3-6-12-20)25-24(23-15-9-10-16-27-23)28-26(31)30(25)21-13-7-4-8-14-21/h3,5-6,9-12,15-17,21,24-25H,4,7-8,13-14H2,1-2H3,(H,28,31)/t24-,25-/m0/s1. The molecule has 5 rings (SSSR count). The van der Waals surface area contributed by atoms with Crippen molar-refractivity contribution in [3.8, 4) is 5.69 Å². The van der Waals surface area contributed by atoms with Gasteiger partial charge < -0.3 is 14.8 Å². The molecular weight excluding hydrogens is 400 g/mol. The Morgan fingerprint density at radius 2 is 1.71 bits per heavy atom. The third-order valence-electron chi connectivity index (χ3n) is 6.91. The van der Waals surface area contributed by atoms with Crippen LogP contribution in [0.2, 0.25) is 0 Å². The summed E-state index contributed by atoms with van der Waals surface area (Å²) >= 11 is 5.93. The summed E-state index contributed by atoms with van der Waals surface area (Å²) in [5.41, 5.74) is 6.13. The highest BCUT2D eigenvalue weighted by Gasteiger charge is 2.44. The van der Waals surface area contributed by atoms with E-state index in [-0.39, 0.29) is 12.1 Å². The fraction of sp³-hybridized carbons (Fsp3) is 0.385. The fourth-order valence-electron chi connectivity index (χ4n) is 5.51. The second-order valence-electron chi connectivity index (χ2n) is 8.82. The first-order valence-electron chi connectivity index (χ1n) is 11.4. The van der Waals surface area contributed by atoms with Gasteiger partial charge in [0.15, 0.2) is 5.11 Å². The minimum Gasteiger partial charge on any atom is -0.352 e. The van der Waals surface area contributed by atoms with Gasteiger partial charge in [0, 0.05) is 29.3 Å². The minimum absolute atomic E-state index is 0.0559. The minimum atomic E-state index is 0.0559. The highest BCUT2D eigenvalue weighted by atomic mass is 32.1. The normalized spacial score (nSPS) is 22.0. The largest absolute Gasteiger partial charge is 0.352 e. The molecule has 0 spiro atoms. The lowest BCUT2D eigenvalue weighted by atomic mass is 9.90. The molecule has 31 heavy (non-hydrogen) atoms. The first-order valence-corrected chi connectivity index (χ1v) is 11.8. The molecule has 5 heteroatoms. The molecule has 1 N–H and O–H groups in total. The zero-order chi connectivity index (χ0) is 21.4. The lowest BCUT2D eigenvalue weighted by Crippen LogP contribution is -2.40. The molecule has 3 heterocycles. The van der Waals surface area contributed by atoms with Crippen LogP contribution in [-0.4, -0.2) is 25.6 Å². The smallest absolute Gasteiger partial charge is 0.170 e. The second kappa shape index (κ2) is 8.46. The molecule has 2 aromatic heterocycles. The van der Waals surface area contributed by atoms with Crippen LogP contribution in [0.25, 0.3) is 5.69 Å². The average Bonchev–Trinajstić information content (AvgIpc) is 3.30. The number of para-hydroxylation sites is 1. The summed E-state index contributed by atoms with van der Waals surface area (Å²) in [6, 6.07) is 19.8. The molecule has 4 nitrogen and oxygen atoms in total. The Bertz CT molecular complexity index is 1050. The van der Waals surface area contributed by atoms with Crippen molar-refractivity contribution in [3.05, 3.63) is 83.4 Å². The van der Waals surface area contributed by atoms with Crippen molar-refractivity contribution in [3.63, 3.8) is 0 Å². The van der Waals surface area contributed by atoms with Gasteiger partial charge in [0.1, 0.15) is 0 Å². The van der Waals surface area contributed by atoms with E-state index in [2.05, 4.69) is 77.2 Å². The molecule has 1 saturated carbocycles. The highest BCUT2D eigenvalue weighted by Crippen LogP contribution is 2.44. The number of aromatic nitrogens is 2. The molecule has 2 atom stereocenters. The van der Waals surface area contributed by atoms with Gasteiger partial charge in [-0.05, 0) is 74.8 Å². The molecule has 0 radical (unpaired) electrons. The predicted molar refractivity (Wildman–Crippen MR) is 129 cm³/mol. The Kier molecular flexibility index (Phi) is 5.53. The number of nitrogens with zero attached hydrogens (tertiary/aromatic N) is 3. The summed E-state index contributed by atoms with van der Waals surface area (Å²) in [7, 11) is 0. The summed E-state index contributed by atoms with van der Waals surface area (Å²) in [5, 5.41) is 4.52. The number of hydrogen-bond acceptors (Lipinski definition) is 2. The molecular formula is C26H30N4S. The number of hydrogen-bond donors (Lipinski definition) is 1. The average molecular weight is 431 g/mol. The maximum atomic E-state index is 5.93. The van der Waals surface area contributed by atoms with Crippen LogP contribution >= 0.6 is 12.2 Å². The van der Waals surface area contributed by atoms with Crippen molar-refractivity contribution in [1.82, 2.24) is 19.8 Å². The van der Waals surface area contributed by atoms with Gasteiger partial charge in [-0.15, -0.1) is 0 Å². The van der Waals surface area contributed by atoms with E-state index in [4.69, 9.17) is 17.2 Å². The van der Waals surface area contributed by atoms with Gasteiger partial charge in [-0.25, -0.2) is 0 Å². The van der Waals surface area contributed by atoms with Crippen LogP contribution in [-0.2, 0) is 0 Å². The molecule has 0 bridgehead atoms. The van der Waals surface area contributed by atoms with Crippen LogP contribution in [0, 0.1) is 13.8 Å². The molecule has 160 valence electrons. The molecule has 3 aromatic rings. The molecule has 1 aromatic carbocycles. The van der Waals surface area contributed by atoms with Crippen LogP contribution in [0.4, 0.5) is 0 Å². The summed E-state index contributed by atoms with van der Waals surface area (Å²) in [6.45, 7) is 4.44. The summed E-state index contributed by atoms with van der Waals surface area (Å²) < 4.78 is 2.37. The second-order valence-corrected chi connectivity index (χ2v) is 9.21. The van der Waals surface area contributed by atoms with Crippen LogP contribution in [0.5, 0.6) is 0 Å². The summed E-state index contributed by atoms with van der Waals surface area (Å²) in [4.78, 5) is 7.22. The van der Waals surface area contributed by atoms with Crippen molar-refractivity contribution in [2.75, 3.05) is 0 Å². The Morgan fingerprint density at radius 3 is 2.42 bits per heavy atom. The number of aryl methyl sites for hydroxylation is 1. The van der Waals surface area contributed by atoms with E-state index in [9.17, 15) is 0 Å². The molecule has 0 amide bonds. The summed E-state index contributed by atoms with van der Waals surface area (Å²) in [5.74, 6) is 0. The van der Waals surface area contributed by atoms with Gasteiger partial charge in [-0.1, -0.05) is 43.5 Å². The van der Waals surface area contributed by atoms with E-state index in [0.717, 1.165) is 10.8 Å². The predicted octanol–water partition coefficient (Wildman–Crippen LogP) is 5.79. The molecule has 1 aliphatic heterocycles. The number of rotatable bonds is 4. The molecule has 1 saturated heterocycles. The lowest BCUT2D eigenvalue weighted by molar-refractivity contribution is 0.197. The number of benzene rings is 1. The monoisotopic (exact) mass is 430 g/mol. The van der Waals surface area contributed by atoms with E-state index in [1.807, 2.05) is 12.3 Å². The van der Waals surface area contributed by atoms with Crippen molar-refractivity contribution in [2.45, 2.75) is 64.1 Å². The van der Waals surface area contributed by atoms with E-state index in [0.29, 0.717) is 6.04 Å². The van der Waals surface area contributed by atoms with Gasteiger partial charge in [0.2, 0.25) is 0 Å². The maximum absolute atomic E-state index is 5.93. The molecule has 2 fully saturated rings. The number of nitrogens with one attached hydrogen (secondary N) is 1. The zero-order valence-corrected chi connectivity index (χ0v) is 19.1. The lowest BCUT2D eigenvalue weighted by Gasteiger charge is -2.37. The van der Waals surface area contributed by atoms with Crippen LogP contribution in [0.15, 0.2) is 60.8 Å². The van der Waals surface area contributed by atoms with E-state index < -0.39 is 0 Å². The van der Waals surface area contributed by atoms with Crippen LogP contribution < -0.4 is 5.32 Å². The van der Waals surface area contributed by atoms with Gasteiger partial charge in [-0.2, -0.15) is 0 Å². The third kappa shape index (κ3) is 3.65. The van der Waals surface area contributed by atoms with Gasteiger partial charge >= 0.3 is 0 Å². The highest BCUT2D eigenvalue weighted by molar-refractivity contribution is 7.80. The van der Waals surface area contributed by atoms with E-state index in [1.165, 1.54) is 54.7 Å². The van der Waals surface area contributed by atoms with Crippen molar-refractivity contribution < 1.29 is 0 Å². The zero-order valence-electron chi connectivity index (χ0n) is 18.3. The quantitative estimate of drug-likeness (QED) is 0.531. The number of thiocarbonyl (C=S) groups is 1. The van der Waals surface area contributed by atoms with E-state index >= 15 is 0 Å².